The van der Waals surface area contributed by atoms with Crippen LogP contribution in [0.1, 0.15) is 16.7 Å². The molecule has 0 aliphatic rings. The van der Waals surface area contributed by atoms with E-state index in [-0.39, 0.29) is 17.1 Å². The van der Waals surface area contributed by atoms with Gasteiger partial charge in [0.25, 0.3) is 0 Å². The van der Waals surface area contributed by atoms with Crippen LogP contribution in [0.2, 0.25) is 5.02 Å². The van der Waals surface area contributed by atoms with Gasteiger partial charge in [-0.3, -0.25) is 0 Å². The maximum atomic E-state index is 13.8. The van der Waals surface area contributed by atoms with Crippen LogP contribution < -0.4 is 5.32 Å². The molecule has 0 amide bonds. The van der Waals surface area contributed by atoms with E-state index >= 15 is 0 Å². The van der Waals surface area contributed by atoms with Gasteiger partial charge in [-0.15, -0.1) is 0 Å². The second-order valence-corrected chi connectivity index (χ2v) is 4.65. The summed E-state index contributed by atoms with van der Waals surface area (Å²) in [5.74, 6) is -0.983. The molecule has 2 aromatic carbocycles. The van der Waals surface area contributed by atoms with Gasteiger partial charge in [-0.2, -0.15) is 5.26 Å². The maximum absolute atomic E-state index is 13.8. The van der Waals surface area contributed by atoms with Gasteiger partial charge >= 0.3 is 0 Å². The molecule has 0 aromatic heterocycles. The number of hydrogen-bond donors (Lipinski definition) is 1. The minimum atomic E-state index is -0.514. The van der Waals surface area contributed by atoms with E-state index in [9.17, 15) is 8.78 Å². The van der Waals surface area contributed by atoms with E-state index in [0.717, 1.165) is 5.56 Å². The number of nitrogens with one attached hydrogen (secondary N) is 1. The highest BCUT2D eigenvalue weighted by atomic mass is 35.5. The lowest BCUT2D eigenvalue weighted by Gasteiger charge is -2.07. The summed E-state index contributed by atoms with van der Waals surface area (Å²) in [6, 6.07) is 10.9. The van der Waals surface area contributed by atoms with Gasteiger partial charge < -0.3 is 5.32 Å². The van der Waals surface area contributed by atoms with Crippen molar-refractivity contribution >= 4 is 11.6 Å². The van der Waals surface area contributed by atoms with E-state index in [1.165, 1.54) is 18.2 Å². The molecule has 20 heavy (non-hydrogen) atoms. The average Bonchev–Trinajstić information content (AvgIpc) is 2.44. The highest BCUT2D eigenvalue weighted by molar-refractivity contribution is 6.30. The first-order chi connectivity index (χ1) is 9.61. The first-order valence-corrected chi connectivity index (χ1v) is 6.31. The number of rotatable bonds is 4. The Balaban J connectivity index is 2.00. The van der Waals surface area contributed by atoms with E-state index in [1.54, 1.807) is 24.3 Å². The molecule has 0 saturated heterocycles. The maximum Gasteiger partial charge on any atom is 0.145 e. The third-order valence-electron chi connectivity index (χ3n) is 2.83. The van der Waals surface area contributed by atoms with Crippen molar-refractivity contribution in [1.29, 1.82) is 5.26 Å². The molecule has 2 rings (SSSR count). The fourth-order valence-electron chi connectivity index (χ4n) is 1.79. The topological polar surface area (TPSA) is 35.8 Å². The Hall–Kier alpha value is -1.96. The summed E-state index contributed by atoms with van der Waals surface area (Å²) in [4.78, 5) is 0. The van der Waals surface area contributed by atoms with Crippen molar-refractivity contribution in [3.05, 3.63) is 69.7 Å². The SMILES string of the molecule is N#Cc1cccc(CNCc2ccc(F)c(Cl)c2)c1F. The zero-order chi connectivity index (χ0) is 14.5. The number of benzene rings is 2. The minimum Gasteiger partial charge on any atom is -0.309 e. The van der Waals surface area contributed by atoms with Crippen LogP contribution >= 0.6 is 11.6 Å². The summed E-state index contributed by atoms with van der Waals surface area (Å²) < 4.78 is 26.8. The summed E-state index contributed by atoms with van der Waals surface area (Å²) in [7, 11) is 0. The molecule has 0 aliphatic heterocycles. The Morgan fingerprint density at radius 3 is 2.65 bits per heavy atom. The molecule has 0 bridgehead atoms. The van der Waals surface area contributed by atoms with Crippen molar-refractivity contribution in [2.24, 2.45) is 0 Å². The van der Waals surface area contributed by atoms with Crippen LogP contribution in [-0.4, -0.2) is 0 Å². The molecule has 0 aliphatic carbocycles. The molecule has 0 saturated carbocycles. The number of hydrogen-bond acceptors (Lipinski definition) is 2. The lowest BCUT2D eigenvalue weighted by atomic mass is 10.1. The summed E-state index contributed by atoms with van der Waals surface area (Å²) in [5, 5.41) is 11.8. The molecule has 5 heteroatoms. The fourth-order valence-corrected chi connectivity index (χ4v) is 2.00. The van der Waals surface area contributed by atoms with Crippen molar-refractivity contribution < 1.29 is 8.78 Å². The number of nitrogens with zero attached hydrogens (tertiary/aromatic N) is 1. The Morgan fingerprint density at radius 2 is 1.95 bits per heavy atom. The molecule has 0 unspecified atom stereocenters. The lowest BCUT2D eigenvalue weighted by Crippen LogP contribution is -2.14. The largest absolute Gasteiger partial charge is 0.309 e. The van der Waals surface area contributed by atoms with Gasteiger partial charge in [-0.25, -0.2) is 8.78 Å². The predicted molar refractivity (Wildman–Crippen MR) is 73.1 cm³/mol. The molecular formula is C15H11ClF2N2. The van der Waals surface area contributed by atoms with Gasteiger partial charge in [-0.05, 0) is 23.8 Å². The number of halogens is 3. The van der Waals surface area contributed by atoms with Crippen LogP contribution in [-0.2, 0) is 13.1 Å². The molecule has 0 spiro atoms. The van der Waals surface area contributed by atoms with Crippen molar-refractivity contribution in [2.45, 2.75) is 13.1 Å². The third-order valence-corrected chi connectivity index (χ3v) is 3.12. The highest BCUT2D eigenvalue weighted by Gasteiger charge is 2.07. The molecule has 0 radical (unpaired) electrons. The van der Waals surface area contributed by atoms with Gasteiger partial charge in [0.15, 0.2) is 0 Å². The van der Waals surface area contributed by atoms with Gasteiger partial charge in [0.1, 0.15) is 17.7 Å². The molecule has 2 nitrogen and oxygen atoms in total. The zero-order valence-electron chi connectivity index (χ0n) is 10.5. The normalized spacial score (nSPS) is 10.3. The third kappa shape index (κ3) is 3.32. The fraction of sp³-hybridized carbons (Fsp3) is 0.133. The smallest absolute Gasteiger partial charge is 0.145 e. The van der Waals surface area contributed by atoms with Crippen molar-refractivity contribution in [3.63, 3.8) is 0 Å². The van der Waals surface area contributed by atoms with Gasteiger partial charge in [-0.1, -0.05) is 29.8 Å². The van der Waals surface area contributed by atoms with Gasteiger partial charge in [0, 0.05) is 18.7 Å². The van der Waals surface area contributed by atoms with Gasteiger partial charge in [0.05, 0.1) is 10.6 Å². The van der Waals surface area contributed by atoms with Crippen LogP contribution in [0.25, 0.3) is 0 Å². The highest BCUT2D eigenvalue weighted by Crippen LogP contribution is 2.16. The van der Waals surface area contributed by atoms with Crippen molar-refractivity contribution in [1.82, 2.24) is 5.32 Å². The van der Waals surface area contributed by atoms with E-state index in [2.05, 4.69) is 5.32 Å². The first-order valence-electron chi connectivity index (χ1n) is 5.94. The first kappa shape index (κ1) is 14.4. The molecule has 0 fully saturated rings. The monoisotopic (exact) mass is 292 g/mol. The van der Waals surface area contributed by atoms with E-state index in [4.69, 9.17) is 16.9 Å². The average molecular weight is 293 g/mol. The van der Waals surface area contributed by atoms with E-state index in [1.807, 2.05) is 0 Å². The molecular weight excluding hydrogens is 282 g/mol. The van der Waals surface area contributed by atoms with Crippen LogP contribution in [0.4, 0.5) is 8.78 Å². The van der Waals surface area contributed by atoms with Crippen molar-refractivity contribution in [2.75, 3.05) is 0 Å². The van der Waals surface area contributed by atoms with E-state index in [0.29, 0.717) is 12.1 Å². The molecule has 2 aromatic rings. The van der Waals surface area contributed by atoms with Crippen LogP contribution in [0.3, 0.4) is 0 Å². The standard InChI is InChI=1S/C15H11ClF2N2/c16-13-6-10(4-5-14(13)17)8-20-9-12-3-1-2-11(7-19)15(12)18/h1-6,20H,8-9H2. The second kappa shape index (κ2) is 6.47. The summed E-state index contributed by atoms with van der Waals surface area (Å²) in [6.45, 7) is 0.701. The Morgan fingerprint density at radius 1 is 1.15 bits per heavy atom. The van der Waals surface area contributed by atoms with Crippen LogP contribution in [0.5, 0.6) is 0 Å². The molecule has 102 valence electrons. The van der Waals surface area contributed by atoms with Crippen LogP contribution in [0, 0.1) is 23.0 Å². The minimum absolute atomic E-state index is 0.0223. The molecule has 1 N–H and O–H groups in total. The summed E-state index contributed by atoms with van der Waals surface area (Å²) in [6.07, 6.45) is 0. The molecule has 0 atom stereocenters. The van der Waals surface area contributed by atoms with Gasteiger partial charge in [0.2, 0.25) is 0 Å². The zero-order valence-corrected chi connectivity index (χ0v) is 11.2. The molecule has 0 heterocycles. The van der Waals surface area contributed by atoms with E-state index < -0.39 is 11.6 Å². The second-order valence-electron chi connectivity index (χ2n) is 4.24. The van der Waals surface area contributed by atoms with Crippen molar-refractivity contribution in [3.8, 4) is 6.07 Å². The number of nitriles is 1. The Bertz CT molecular complexity index is 665. The predicted octanol–water partition coefficient (Wildman–Crippen LogP) is 3.78. The Kier molecular flexibility index (Phi) is 4.67. The summed E-state index contributed by atoms with van der Waals surface area (Å²) >= 11 is 5.68. The summed E-state index contributed by atoms with van der Waals surface area (Å²) in [5.41, 5.74) is 1.24. The quantitative estimate of drug-likeness (QED) is 0.931. The Labute approximate surface area is 120 Å². The van der Waals surface area contributed by atoms with Crippen LogP contribution in [0.15, 0.2) is 36.4 Å². The lowest BCUT2D eigenvalue weighted by molar-refractivity contribution is 0.584.